The third-order valence-corrected chi connectivity index (χ3v) is 6.04. The Bertz CT molecular complexity index is 711. The molecule has 3 aliphatic rings. The van der Waals surface area contributed by atoms with Crippen LogP contribution in [0.3, 0.4) is 0 Å². The van der Waals surface area contributed by atoms with Gasteiger partial charge in [-0.05, 0) is 55.2 Å². The van der Waals surface area contributed by atoms with Crippen LogP contribution < -0.4 is 9.47 Å². The van der Waals surface area contributed by atoms with Crippen molar-refractivity contribution in [2.24, 2.45) is 17.3 Å². The summed E-state index contributed by atoms with van der Waals surface area (Å²) in [5, 5.41) is 0. The van der Waals surface area contributed by atoms with Gasteiger partial charge in [0.25, 0.3) is 0 Å². The lowest BCUT2D eigenvalue weighted by Gasteiger charge is -2.12. The number of carbonyl (C=O) groups is 1. The number of hydrogen-bond donors (Lipinski definition) is 0. The van der Waals surface area contributed by atoms with E-state index in [-0.39, 0.29) is 23.4 Å². The molecule has 0 saturated heterocycles. The fourth-order valence-corrected chi connectivity index (χ4v) is 4.29. The van der Waals surface area contributed by atoms with E-state index in [1.807, 2.05) is 18.2 Å². The van der Waals surface area contributed by atoms with E-state index < -0.39 is 0 Å². The lowest BCUT2D eigenvalue weighted by atomic mass is 10.1. The lowest BCUT2D eigenvalue weighted by Crippen LogP contribution is -2.16. The highest BCUT2D eigenvalue weighted by atomic mass is 16.6. The molecule has 1 aromatic carbocycles. The highest BCUT2D eigenvalue weighted by Gasteiger charge is 2.62. The lowest BCUT2D eigenvalue weighted by molar-refractivity contribution is -0.152. The molecule has 134 valence electrons. The van der Waals surface area contributed by atoms with Crippen LogP contribution in [-0.2, 0) is 9.53 Å². The first-order valence-electron chi connectivity index (χ1n) is 9.21. The second kappa shape index (κ2) is 6.08. The Balaban J connectivity index is 1.46. The van der Waals surface area contributed by atoms with Crippen molar-refractivity contribution < 1.29 is 19.0 Å². The number of rotatable bonds is 4. The molecule has 0 spiro atoms. The van der Waals surface area contributed by atoms with Crippen LogP contribution in [0.5, 0.6) is 11.5 Å². The fraction of sp³-hybridized carbons (Fsp3) is 0.571. The minimum absolute atomic E-state index is 0.0106. The van der Waals surface area contributed by atoms with Gasteiger partial charge in [0, 0.05) is 5.56 Å². The number of carbonyl (C=O) groups excluding carboxylic acids is 1. The Morgan fingerprint density at radius 1 is 1.28 bits per heavy atom. The quantitative estimate of drug-likeness (QED) is 0.599. The Morgan fingerprint density at radius 3 is 2.76 bits per heavy atom. The van der Waals surface area contributed by atoms with Gasteiger partial charge in [-0.2, -0.15) is 0 Å². The summed E-state index contributed by atoms with van der Waals surface area (Å²) in [6.07, 6.45) is 6.96. The summed E-state index contributed by atoms with van der Waals surface area (Å²) < 4.78 is 16.8. The summed E-state index contributed by atoms with van der Waals surface area (Å²) >= 11 is 0. The molecule has 1 aliphatic heterocycles. The molecule has 0 bridgehead atoms. The Kier molecular flexibility index (Phi) is 4.01. The van der Waals surface area contributed by atoms with E-state index in [9.17, 15) is 4.79 Å². The molecule has 4 rings (SSSR count). The maximum Gasteiger partial charge on any atom is 0.310 e. The molecule has 4 nitrogen and oxygen atoms in total. The molecule has 0 aromatic heterocycles. The normalized spacial score (nSPS) is 28.9. The summed E-state index contributed by atoms with van der Waals surface area (Å²) in [6.45, 7) is 4.71. The smallest absolute Gasteiger partial charge is 0.310 e. The zero-order valence-electron chi connectivity index (χ0n) is 15.2. The fourth-order valence-electron chi connectivity index (χ4n) is 4.29. The van der Waals surface area contributed by atoms with Gasteiger partial charge in [0.05, 0.1) is 13.0 Å². The number of allylic oxidation sites excluding steroid dienone is 2. The molecule has 1 heterocycles. The largest absolute Gasteiger partial charge is 0.497 e. The summed E-state index contributed by atoms with van der Waals surface area (Å²) in [7, 11) is 1.63. The molecule has 2 saturated carbocycles. The number of esters is 1. The third-order valence-electron chi connectivity index (χ3n) is 6.04. The van der Waals surface area contributed by atoms with Crippen LogP contribution in [0, 0.1) is 17.3 Å². The van der Waals surface area contributed by atoms with Gasteiger partial charge in [0.1, 0.15) is 18.1 Å². The maximum absolute atomic E-state index is 12.8. The second-order valence-corrected chi connectivity index (χ2v) is 8.00. The molecule has 1 aromatic rings. The van der Waals surface area contributed by atoms with Crippen molar-refractivity contribution in [1.82, 2.24) is 0 Å². The van der Waals surface area contributed by atoms with Crippen LogP contribution in [0.1, 0.15) is 51.2 Å². The Morgan fingerprint density at radius 2 is 2.04 bits per heavy atom. The average Bonchev–Trinajstić information content (AvgIpc) is 3.01. The van der Waals surface area contributed by atoms with Crippen molar-refractivity contribution in [3.63, 3.8) is 0 Å². The topological polar surface area (TPSA) is 44.8 Å². The van der Waals surface area contributed by atoms with E-state index >= 15 is 0 Å². The van der Waals surface area contributed by atoms with E-state index in [0.29, 0.717) is 12.5 Å². The third kappa shape index (κ3) is 2.92. The second-order valence-electron chi connectivity index (χ2n) is 8.00. The van der Waals surface area contributed by atoms with Gasteiger partial charge in [0.15, 0.2) is 6.10 Å². The monoisotopic (exact) mass is 342 g/mol. The zero-order valence-corrected chi connectivity index (χ0v) is 15.2. The van der Waals surface area contributed by atoms with Crippen molar-refractivity contribution in [3.8, 4) is 11.5 Å². The van der Waals surface area contributed by atoms with Gasteiger partial charge in [-0.1, -0.05) is 25.5 Å². The number of benzene rings is 1. The molecule has 3 atom stereocenters. The maximum atomic E-state index is 12.8. The summed E-state index contributed by atoms with van der Waals surface area (Å²) in [6, 6.07) is 5.63. The molecule has 4 heteroatoms. The standard InChI is InChI=1S/C21H26O4/c1-21(2)16(10-13-6-4-5-7-13)19(21)20(22)25-18-12-24-17-9-8-14(23-3)11-15(17)18/h8-11,16,18-19H,4-7,12H2,1-3H3. The summed E-state index contributed by atoms with van der Waals surface area (Å²) in [5.74, 6) is 1.68. The van der Waals surface area contributed by atoms with Crippen molar-refractivity contribution in [2.75, 3.05) is 13.7 Å². The van der Waals surface area contributed by atoms with Gasteiger partial charge in [-0.3, -0.25) is 4.79 Å². The first-order valence-corrected chi connectivity index (χ1v) is 9.21. The van der Waals surface area contributed by atoms with Crippen molar-refractivity contribution in [3.05, 3.63) is 35.4 Å². The summed E-state index contributed by atoms with van der Waals surface area (Å²) in [4.78, 5) is 12.8. The molecule has 0 amide bonds. The van der Waals surface area contributed by atoms with E-state index in [1.54, 1.807) is 7.11 Å². The predicted molar refractivity (Wildman–Crippen MR) is 94.6 cm³/mol. The number of fused-ring (bicyclic) bond motifs is 1. The first kappa shape index (κ1) is 16.5. The van der Waals surface area contributed by atoms with Gasteiger partial charge in [0.2, 0.25) is 0 Å². The van der Waals surface area contributed by atoms with Crippen LogP contribution >= 0.6 is 0 Å². The molecule has 0 radical (unpaired) electrons. The molecule has 3 unspecified atom stereocenters. The van der Waals surface area contributed by atoms with Crippen molar-refractivity contribution in [1.29, 1.82) is 0 Å². The Labute approximate surface area is 149 Å². The van der Waals surface area contributed by atoms with E-state index in [2.05, 4.69) is 19.9 Å². The van der Waals surface area contributed by atoms with Crippen LogP contribution in [0.15, 0.2) is 29.8 Å². The molecule has 2 aliphatic carbocycles. The predicted octanol–water partition coefficient (Wildman–Crippen LogP) is 4.44. The molecular weight excluding hydrogens is 316 g/mol. The number of methoxy groups -OCH3 is 1. The van der Waals surface area contributed by atoms with Gasteiger partial charge in [-0.15, -0.1) is 0 Å². The zero-order chi connectivity index (χ0) is 17.6. The van der Waals surface area contributed by atoms with E-state index in [1.165, 1.54) is 31.3 Å². The molecule has 25 heavy (non-hydrogen) atoms. The van der Waals surface area contributed by atoms with Crippen LogP contribution in [0.4, 0.5) is 0 Å². The highest BCUT2D eigenvalue weighted by molar-refractivity contribution is 5.78. The van der Waals surface area contributed by atoms with Gasteiger partial charge < -0.3 is 14.2 Å². The SMILES string of the molecule is COc1ccc2c(c1)C(OC(=O)C1C(C=C3CCCC3)C1(C)C)CO2. The van der Waals surface area contributed by atoms with Crippen LogP contribution in [0.25, 0.3) is 0 Å². The van der Waals surface area contributed by atoms with E-state index in [4.69, 9.17) is 14.2 Å². The minimum Gasteiger partial charge on any atom is -0.497 e. The number of ether oxygens (including phenoxy) is 3. The molecule has 0 N–H and O–H groups in total. The molecule has 2 fully saturated rings. The molecular formula is C21H26O4. The summed E-state index contributed by atoms with van der Waals surface area (Å²) in [5.41, 5.74) is 2.41. The van der Waals surface area contributed by atoms with Crippen LogP contribution in [-0.4, -0.2) is 19.7 Å². The van der Waals surface area contributed by atoms with Gasteiger partial charge in [-0.25, -0.2) is 0 Å². The van der Waals surface area contributed by atoms with Crippen molar-refractivity contribution in [2.45, 2.75) is 45.6 Å². The van der Waals surface area contributed by atoms with Gasteiger partial charge >= 0.3 is 5.97 Å². The first-order chi connectivity index (χ1) is 12.0. The number of hydrogen-bond acceptors (Lipinski definition) is 4. The van der Waals surface area contributed by atoms with Crippen molar-refractivity contribution >= 4 is 5.97 Å². The Hall–Kier alpha value is -1.97. The average molecular weight is 342 g/mol. The van der Waals surface area contributed by atoms with E-state index in [0.717, 1.165) is 17.1 Å². The van der Waals surface area contributed by atoms with Crippen LogP contribution in [0.2, 0.25) is 0 Å². The minimum atomic E-state index is -0.339. The highest BCUT2D eigenvalue weighted by Crippen LogP contribution is 2.60.